The number of rotatable bonds is 6. The van der Waals surface area contributed by atoms with Crippen molar-refractivity contribution in [3.63, 3.8) is 0 Å². The average Bonchev–Trinajstić information content (AvgIpc) is 2.23. The van der Waals surface area contributed by atoms with E-state index in [0.29, 0.717) is 6.42 Å². The van der Waals surface area contributed by atoms with Crippen molar-refractivity contribution >= 4 is 0 Å². The maximum Gasteiger partial charge on any atom is 0.137 e. The lowest BCUT2D eigenvalue weighted by Crippen LogP contribution is -2.35. The fourth-order valence-electron chi connectivity index (χ4n) is 1.15. The Morgan fingerprint density at radius 1 is 1.21 bits per heavy atom. The molecule has 0 spiro atoms. The molecule has 0 amide bonds. The molecule has 0 aliphatic rings. The number of aliphatic hydroxyl groups is 1. The Morgan fingerprint density at radius 2 is 1.93 bits per heavy atom. The van der Waals surface area contributed by atoms with Gasteiger partial charge in [0.1, 0.15) is 5.60 Å². The molecule has 0 aromatic rings. The predicted octanol–water partition coefficient (Wildman–Crippen LogP) is 2.06. The van der Waals surface area contributed by atoms with Gasteiger partial charge in [0.15, 0.2) is 0 Å². The molecule has 0 saturated carbocycles. The van der Waals surface area contributed by atoms with Gasteiger partial charge in [0.2, 0.25) is 0 Å². The Balaban J connectivity index is 3.69. The van der Waals surface area contributed by atoms with E-state index in [1.807, 2.05) is 6.92 Å². The van der Waals surface area contributed by atoms with Crippen LogP contribution in [0.3, 0.4) is 0 Å². The summed E-state index contributed by atoms with van der Waals surface area (Å²) < 4.78 is 0. The molecule has 0 rings (SSSR count). The molecule has 0 saturated heterocycles. The van der Waals surface area contributed by atoms with Crippen molar-refractivity contribution in [2.45, 2.75) is 58.0 Å². The zero-order valence-corrected chi connectivity index (χ0v) is 9.47. The van der Waals surface area contributed by atoms with Gasteiger partial charge in [-0.15, -0.1) is 5.92 Å². The van der Waals surface area contributed by atoms with Crippen LogP contribution >= 0.6 is 0 Å². The number of hydrogen-bond acceptors (Lipinski definition) is 2. The molecule has 3 N–H and O–H groups in total. The van der Waals surface area contributed by atoms with E-state index in [2.05, 4.69) is 18.8 Å². The molecule has 0 heterocycles. The Morgan fingerprint density at radius 3 is 2.43 bits per heavy atom. The molecule has 82 valence electrons. The van der Waals surface area contributed by atoms with Crippen molar-refractivity contribution in [3.05, 3.63) is 0 Å². The minimum atomic E-state index is -0.954. The van der Waals surface area contributed by atoms with Crippen LogP contribution in [0.4, 0.5) is 0 Å². The van der Waals surface area contributed by atoms with Crippen LogP contribution in [0.2, 0.25) is 0 Å². The van der Waals surface area contributed by atoms with E-state index in [1.165, 1.54) is 19.3 Å². The minimum absolute atomic E-state index is 0.228. The zero-order chi connectivity index (χ0) is 10.9. The summed E-state index contributed by atoms with van der Waals surface area (Å²) in [6, 6.07) is 0. The Labute approximate surface area is 87.9 Å². The lowest BCUT2D eigenvalue weighted by molar-refractivity contribution is 0.106. The van der Waals surface area contributed by atoms with E-state index < -0.39 is 5.60 Å². The highest BCUT2D eigenvalue weighted by atomic mass is 16.3. The molecule has 2 nitrogen and oxygen atoms in total. The van der Waals surface area contributed by atoms with Gasteiger partial charge in [-0.1, -0.05) is 39.0 Å². The largest absolute Gasteiger partial charge is 0.376 e. The number of nitrogens with two attached hydrogens (primary N) is 1. The summed E-state index contributed by atoms with van der Waals surface area (Å²) in [6.07, 6.45) is 6.36. The molecule has 0 aliphatic heterocycles. The first-order valence-electron chi connectivity index (χ1n) is 5.61. The van der Waals surface area contributed by atoms with E-state index in [-0.39, 0.29) is 6.54 Å². The highest BCUT2D eigenvalue weighted by Crippen LogP contribution is 2.06. The van der Waals surface area contributed by atoms with Crippen molar-refractivity contribution in [2.24, 2.45) is 5.73 Å². The van der Waals surface area contributed by atoms with Crippen LogP contribution in [0, 0.1) is 11.8 Å². The zero-order valence-electron chi connectivity index (χ0n) is 9.47. The number of unbranched alkanes of at least 4 members (excludes halogenated alkanes) is 4. The summed E-state index contributed by atoms with van der Waals surface area (Å²) in [5, 5.41) is 9.73. The van der Waals surface area contributed by atoms with E-state index in [4.69, 9.17) is 5.73 Å². The van der Waals surface area contributed by atoms with Crippen LogP contribution in [0.5, 0.6) is 0 Å². The van der Waals surface area contributed by atoms with Gasteiger partial charge in [0.05, 0.1) is 0 Å². The van der Waals surface area contributed by atoms with E-state index in [1.54, 1.807) is 0 Å². The SMILES string of the molecule is CCCCCCC#CC(O)(CC)CN. The van der Waals surface area contributed by atoms with Gasteiger partial charge < -0.3 is 10.8 Å². The fraction of sp³-hybridized carbons (Fsp3) is 0.833. The Bertz CT molecular complexity index is 186. The van der Waals surface area contributed by atoms with Gasteiger partial charge in [-0.2, -0.15) is 0 Å². The van der Waals surface area contributed by atoms with Crippen LogP contribution in [0.15, 0.2) is 0 Å². The topological polar surface area (TPSA) is 46.2 Å². The van der Waals surface area contributed by atoms with E-state index >= 15 is 0 Å². The van der Waals surface area contributed by atoms with E-state index in [0.717, 1.165) is 12.8 Å². The Hall–Kier alpha value is -0.520. The quantitative estimate of drug-likeness (QED) is 0.506. The summed E-state index contributed by atoms with van der Waals surface area (Å²) in [6.45, 7) is 4.32. The first kappa shape index (κ1) is 13.5. The van der Waals surface area contributed by atoms with Crippen molar-refractivity contribution in [1.82, 2.24) is 0 Å². The maximum atomic E-state index is 9.73. The van der Waals surface area contributed by atoms with Gasteiger partial charge >= 0.3 is 0 Å². The molecule has 2 heteroatoms. The average molecular weight is 197 g/mol. The van der Waals surface area contributed by atoms with Crippen LogP contribution in [0.1, 0.15) is 52.4 Å². The third kappa shape index (κ3) is 6.01. The summed E-state index contributed by atoms with van der Waals surface area (Å²) in [4.78, 5) is 0. The van der Waals surface area contributed by atoms with Gasteiger partial charge in [-0.3, -0.25) is 0 Å². The van der Waals surface area contributed by atoms with Crippen molar-refractivity contribution < 1.29 is 5.11 Å². The second-order valence-electron chi connectivity index (χ2n) is 3.70. The second kappa shape index (κ2) is 7.84. The summed E-state index contributed by atoms with van der Waals surface area (Å²) in [7, 11) is 0. The van der Waals surface area contributed by atoms with Crippen LogP contribution in [-0.4, -0.2) is 17.3 Å². The van der Waals surface area contributed by atoms with Gasteiger partial charge in [0.25, 0.3) is 0 Å². The molecule has 0 aromatic heterocycles. The summed E-state index contributed by atoms with van der Waals surface area (Å²) in [5.41, 5.74) is 4.47. The predicted molar refractivity (Wildman–Crippen MR) is 60.8 cm³/mol. The third-order valence-corrected chi connectivity index (χ3v) is 2.40. The molecular weight excluding hydrogens is 174 g/mol. The minimum Gasteiger partial charge on any atom is -0.376 e. The molecule has 0 fully saturated rings. The fourth-order valence-corrected chi connectivity index (χ4v) is 1.15. The molecule has 0 radical (unpaired) electrons. The van der Waals surface area contributed by atoms with Crippen molar-refractivity contribution in [2.75, 3.05) is 6.54 Å². The lowest BCUT2D eigenvalue weighted by atomic mass is 10.0. The van der Waals surface area contributed by atoms with Crippen LogP contribution in [0.25, 0.3) is 0 Å². The second-order valence-corrected chi connectivity index (χ2v) is 3.70. The molecule has 0 aromatic carbocycles. The molecule has 0 aliphatic carbocycles. The maximum absolute atomic E-state index is 9.73. The van der Waals surface area contributed by atoms with Crippen molar-refractivity contribution in [1.29, 1.82) is 0 Å². The molecular formula is C12H23NO. The van der Waals surface area contributed by atoms with Gasteiger partial charge in [-0.25, -0.2) is 0 Å². The first-order chi connectivity index (χ1) is 6.68. The molecule has 1 atom stereocenters. The van der Waals surface area contributed by atoms with Crippen molar-refractivity contribution in [3.8, 4) is 11.8 Å². The highest BCUT2D eigenvalue weighted by molar-refractivity contribution is 5.13. The smallest absolute Gasteiger partial charge is 0.137 e. The first-order valence-corrected chi connectivity index (χ1v) is 5.61. The monoisotopic (exact) mass is 197 g/mol. The summed E-state index contributed by atoms with van der Waals surface area (Å²) >= 11 is 0. The van der Waals surface area contributed by atoms with Crippen LogP contribution in [-0.2, 0) is 0 Å². The summed E-state index contributed by atoms with van der Waals surface area (Å²) in [5.74, 6) is 5.86. The van der Waals surface area contributed by atoms with Crippen LogP contribution < -0.4 is 5.73 Å². The standard InChI is InChI=1S/C12H23NO/c1-3-5-6-7-8-9-10-12(14,4-2)11-13/h14H,3-8,11,13H2,1-2H3. The molecule has 0 bridgehead atoms. The molecule has 14 heavy (non-hydrogen) atoms. The van der Waals surface area contributed by atoms with Gasteiger partial charge in [-0.05, 0) is 12.8 Å². The number of hydrogen-bond donors (Lipinski definition) is 2. The van der Waals surface area contributed by atoms with Gasteiger partial charge in [0, 0.05) is 13.0 Å². The highest BCUT2D eigenvalue weighted by Gasteiger charge is 2.18. The lowest BCUT2D eigenvalue weighted by Gasteiger charge is -2.16. The Kier molecular flexibility index (Phi) is 7.55. The normalized spacial score (nSPS) is 14.3. The third-order valence-electron chi connectivity index (χ3n) is 2.40. The molecule has 1 unspecified atom stereocenters. The van der Waals surface area contributed by atoms with E-state index in [9.17, 15) is 5.11 Å².